The van der Waals surface area contributed by atoms with Crippen LogP contribution in [0.5, 0.6) is 0 Å². The number of nitrogens with one attached hydrogen (secondary N) is 2. The van der Waals surface area contributed by atoms with Gasteiger partial charge >= 0.3 is 0 Å². The van der Waals surface area contributed by atoms with Crippen molar-refractivity contribution in [1.29, 1.82) is 0 Å². The van der Waals surface area contributed by atoms with Gasteiger partial charge in [-0.3, -0.25) is 9.59 Å². The van der Waals surface area contributed by atoms with Crippen molar-refractivity contribution < 1.29 is 9.59 Å². The standard InChI is InChI=1S/C29H31N3O2S/c33-28(19-8-2-1-3-9-19)31-25-13-7-5-11-22(25)29(34)32-16-14-23-26(20-15-17-35-18-20)30-24-12-6-4-10-21(24)27(23)32/h1-4,6,8-10,12,15,17-18,22-23,25-27,30H,5,7,11,13-14,16H2,(H,31,33)/t22-,23-,25?,26+,27+/m0/s1. The molecule has 5 nitrogen and oxygen atoms in total. The Morgan fingerprint density at radius 1 is 0.943 bits per heavy atom. The molecule has 2 fully saturated rings. The van der Waals surface area contributed by atoms with Gasteiger partial charge in [0.05, 0.1) is 18.0 Å². The van der Waals surface area contributed by atoms with Gasteiger partial charge in [0.25, 0.3) is 5.91 Å². The van der Waals surface area contributed by atoms with Crippen molar-refractivity contribution >= 4 is 28.8 Å². The molecule has 3 aromatic rings. The lowest BCUT2D eigenvalue weighted by Gasteiger charge is -2.41. The van der Waals surface area contributed by atoms with Crippen molar-refractivity contribution in [3.63, 3.8) is 0 Å². The molecule has 1 unspecified atom stereocenters. The topological polar surface area (TPSA) is 61.4 Å². The molecule has 6 heteroatoms. The van der Waals surface area contributed by atoms with E-state index in [4.69, 9.17) is 0 Å². The molecule has 2 N–H and O–H groups in total. The van der Waals surface area contributed by atoms with Gasteiger partial charge in [0.15, 0.2) is 0 Å². The number of carbonyl (C=O) groups is 2. The van der Waals surface area contributed by atoms with Crippen LogP contribution in [0.25, 0.3) is 0 Å². The number of likely N-dealkylation sites (tertiary alicyclic amines) is 1. The summed E-state index contributed by atoms with van der Waals surface area (Å²) in [6.45, 7) is 0.765. The molecular formula is C29H31N3O2S. The summed E-state index contributed by atoms with van der Waals surface area (Å²) in [5.74, 6) is 0.289. The monoisotopic (exact) mass is 485 g/mol. The number of hydrogen-bond donors (Lipinski definition) is 2. The van der Waals surface area contributed by atoms with Crippen LogP contribution in [0, 0.1) is 11.8 Å². The molecule has 1 saturated carbocycles. The summed E-state index contributed by atoms with van der Waals surface area (Å²) in [7, 11) is 0. The number of nitrogens with zero attached hydrogens (tertiary/aromatic N) is 1. The number of hydrogen-bond acceptors (Lipinski definition) is 4. The number of carbonyl (C=O) groups excluding carboxylic acids is 2. The Morgan fingerprint density at radius 2 is 1.74 bits per heavy atom. The predicted molar refractivity (Wildman–Crippen MR) is 139 cm³/mol. The van der Waals surface area contributed by atoms with E-state index in [9.17, 15) is 9.59 Å². The number of para-hydroxylation sites is 1. The molecular weight excluding hydrogens is 454 g/mol. The first-order valence-electron chi connectivity index (χ1n) is 12.7. The van der Waals surface area contributed by atoms with E-state index >= 15 is 0 Å². The van der Waals surface area contributed by atoms with Gasteiger partial charge in [-0.05, 0) is 65.4 Å². The fraction of sp³-hybridized carbons (Fsp3) is 0.379. The third-order valence-corrected chi connectivity index (χ3v) is 8.79. The van der Waals surface area contributed by atoms with Gasteiger partial charge in [0.2, 0.25) is 5.91 Å². The van der Waals surface area contributed by atoms with E-state index in [2.05, 4.69) is 56.6 Å². The second-order valence-corrected chi connectivity index (χ2v) is 10.8. The van der Waals surface area contributed by atoms with E-state index in [1.165, 1.54) is 11.1 Å². The first kappa shape index (κ1) is 22.4. The molecule has 0 radical (unpaired) electrons. The van der Waals surface area contributed by atoms with Crippen LogP contribution in [-0.2, 0) is 4.79 Å². The van der Waals surface area contributed by atoms with Crippen molar-refractivity contribution in [2.45, 2.75) is 50.2 Å². The summed E-state index contributed by atoms with van der Waals surface area (Å²) in [6.07, 6.45) is 4.74. The quantitative estimate of drug-likeness (QED) is 0.491. The predicted octanol–water partition coefficient (Wildman–Crippen LogP) is 5.79. The average molecular weight is 486 g/mol. The molecule has 1 saturated heterocycles. The maximum Gasteiger partial charge on any atom is 0.251 e. The van der Waals surface area contributed by atoms with Gasteiger partial charge < -0.3 is 15.5 Å². The summed E-state index contributed by atoms with van der Waals surface area (Å²) < 4.78 is 0. The Labute approximate surface area is 210 Å². The van der Waals surface area contributed by atoms with Crippen molar-refractivity contribution in [2.24, 2.45) is 11.8 Å². The number of benzene rings is 2. The van der Waals surface area contributed by atoms with Gasteiger partial charge in [-0.25, -0.2) is 0 Å². The second-order valence-electron chi connectivity index (χ2n) is 10.0. The largest absolute Gasteiger partial charge is 0.378 e. The van der Waals surface area contributed by atoms with Gasteiger partial charge in [-0.15, -0.1) is 0 Å². The van der Waals surface area contributed by atoms with Gasteiger partial charge in [-0.1, -0.05) is 49.2 Å². The molecule has 0 bridgehead atoms. The minimum absolute atomic E-state index is 0.0669. The fourth-order valence-electron chi connectivity index (χ4n) is 6.41. The molecule has 180 valence electrons. The van der Waals surface area contributed by atoms with E-state index in [-0.39, 0.29) is 35.9 Å². The van der Waals surface area contributed by atoms with Crippen molar-refractivity contribution in [2.75, 3.05) is 11.9 Å². The molecule has 0 spiro atoms. The van der Waals surface area contributed by atoms with Crippen LogP contribution in [0.15, 0.2) is 71.4 Å². The average Bonchev–Trinajstić information content (AvgIpc) is 3.60. The number of anilines is 1. The molecule has 35 heavy (non-hydrogen) atoms. The van der Waals surface area contributed by atoms with E-state index in [0.717, 1.165) is 44.3 Å². The minimum atomic E-state index is -0.170. The Bertz CT molecular complexity index is 1200. The van der Waals surface area contributed by atoms with Crippen LogP contribution in [0.1, 0.15) is 65.7 Å². The van der Waals surface area contributed by atoms with Crippen LogP contribution in [0.2, 0.25) is 0 Å². The highest BCUT2D eigenvalue weighted by molar-refractivity contribution is 7.08. The molecule has 2 aromatic carbocycles. The highest BCUT2D eigenvalue weighted by Crippen LogP contribution is 2.52. The Morgan fingerprint density at radius 3 is 2.57 bits per heavy atom. The zero-order valence-corrected chi connectivity index (χ0v) is 20.5. The first-order valence-corrected chi connectivity index (χ1v) is 13.7. The van der Waals surface area contributed by atoms with Gasteiger partial charge in [-0.2, -0.15) is 11.3 Å². The Kier molecular flexibility index (Phi) is 6.06. The molecule has 5 atom stereocenters. The maximum atomic E-state index is 14.1. The number of fused-ring (bicyclic) bond motifs is 3. The molecule has 1 aromatic heterocycles. The third kappa shape index (κ3) is 4.14. The zero-order valence-electron chi connectivity index (χ0n) is 19.7. The molecule has 3 aliphatic rings. The SMILES string of the molecule is O=C(NC1CCCC[C@@H]1C(=O)N1CC[C@H]2[C@@H](c3ccsc3)Nc3ccccc3[C@H]21)c1ccccc1. The lowest BCUT2D eigenvalue weighted by Crippen LogP contribution is -2.50. The normalized spacial score (nSPS) is 27.4. The molecule has 6 rings (SSSR count). The summed E-state index contributed by atoms with van der Waals surface area (Å²) in [5.41, 5.74) is 4.30. The van der Waals surface area contributed by atoms with E-state index in [0.29, 0.717) is 11.5 Å². The third-order valence-electron chi connectivity index (χ3n) is 8.08. The molecule has 3 heterocycles. The van der Waals surface area contributed by atoms with Crippen molar-refractivity contribution in [3.05, 3.63) is 88.1 Å². The van der Waals surface area contributed by atoms with Crippen LogP contribution < -0.4 is 10.6 Å². The summed E-state index contributed by atoms with van der Waals surface area (Å²) in [4.78, 5) is 29.2. The fourth-order valence-corrected chi connectivity index (χ4v) is 7.10. The van der Waals surface area contributed by atoms with Gasteiger partial charge in [0.1, 0.15) is 0 Å². The zero-order chi connectivity index (χ0) is 23.8. The Hall–Kier alpha value is -3.12. The summed E-state index contributed by atoms with van der Waals surface area (Å²) in [5, 5.41) is 11.3. The Balaban J connectivity index is 1.27. The van der Waals surface area contributed by atoms with Crippen LogP contribution in [-0.4, -0.2) is 29.3 Å². The van der Waals surface area contributed by atoms with Crippen molar-refractivity contribution in [1.82, 2.24) is 10.2 Å². The van der Waals surface area contributed by atoms with Crippen LogP contribution in [0.3, 0.4) is 0 Å². The summed E-state index contributed by atoms with van der Waals surface area (Å²) >= 11 is 1.72. The lowest BCUT2D eigenvalue weighted by molar-refractivity contribution is -0.138. The minimum Gasteiger partial charge on any atom is -0.378 e. The van der Waals surface area contributed by atoms with E-state index < -0.39 is 0 Å². The summed E-state index contributed by atoms with van der Waals surface area (Å²) in [6, 6.07) is 20.1. The first-order chi connectivity index (χ1) is 17.2. The number of thiophene rings is 1. The molecule has 2 aliphatic heterocycles. The highest BCUT2D eigenvalue weighted by Gasteiger charge is 2.48. The maximum absolute atomic E-state index is 14.1. The molecule has 2 amide bonds. The molecule has 1 aliphatic carbocycles. The van der Waals surface area contributed by atoms with Gasteiger partial charge in [0, 0.05) is 29.8 Å². The second kappa shape index (κ2) is 9.50. The smallest absolute Gasteiger partial charge is 0.251 e. The lowest BCUT2D eigenvalue weighted by atomic mass is 9.79. The van der Waals surface area contributed by atoms with Crippen LogP contribution >= 0.6 is 11.3 Å². The van der Waals surface area contributed by atoms with E-state index in [1.807, 2.05) is 30.3 Å². The van der Waals surface area contributed by atoms with Crippen molar-refractivity contribution in [3.8, 4) is 0 Å². The van der Waals surface area contributed by atoms with E-state index in [1.54, 1.807) is 11.3 Å². The number of rotatable bonds is 4. The van der Waals surface area contributed by atoms with Crippen LogP contribution in [0.4, 0.5) is 5.69 Å². The highest BCUT2D eigenvalue weighted by atomic mass is 32.1. The number of amides is 2.